The molecule has 1 atom stereocenters. The minimum absolute atomic E-state index is 0.102. The topological polar surface area (TPSA) is 102 Å². The smallest absolute Gasteiger partial charge is 0.234 e. The lowest BCUT2D eigenvalue weighted by Crippen LogP contribution is -2.24. The Morgan fingerprint density at radius 3 is 2.39 bits per heavy atom. The van der Waals surface area contributed by atoms with E-state index in [0.29, 0.717) is 18.8 Å². The Balaban J connectivity index is 1.56. The highest BCUT2D eigenvalue weighted by molar-refractivity contribution is 7.92. The molecular weight excluding hydrogens is 376 g/mol. The van der Waals surface area contributed by atoms with Gasteiger partial charge in [-0.15, -0.1) is 0 Å². The number of carbonyl (C=O) groups excluding carboxylic acids is 1. The van der Waals surface area contributed by atoms with E-state index in [9.17, 15) is 13.2 Å². The second-order valence-corrected chi connectivity index (χ2v) is 9.85. The number of hydrogen-bond acceptors (Lipinski definition) is 6. The standard InChI is InChI=1S/C20H24N4O3S/c25-19(24-20-21-10-3-11-22-20)17(12-14-4-1-2-5-14)15-6-9-18(23-13-15)28(26,27)16-7-8-16/h3,6,9-11,13-14,16-17H,1-2,4-5,7-8,12H2,(H,21,22,24,25). The molecule has 0 aliphatic heterocycles. The highest BCUT2D eigenvalue weighted by atomic mass is 32.2. The van der Waals surface area contributed by atoms with E-state index >= 15 is 0 Å². The summed E-state index contributed by atoms with van der Waals surface area (Å²) in [6, 6.07) is 4.96. The molecule has 2 aliphatic carbocycles. The first-order valence-corrected chi connectivity index (χ1v) is 11.4. The van der Waals surface area contributed by atoms with Gasteiger partial charge in [-0.2, -0.15) is 0 Å². The fraction of sp³-hybridized carbons (Fsp3) is 0.500. The Morgan fingerprint density at radius 2 is 1.79 bits per heavy atom. The molecule has 148 valence electrons. The molecule has 2 fully saturated rings. The summed E-state index contributed by atoms with van der Waals surface area (Å²) >= 11 is 0. The van der Waals surface area contributed by atoms with E-state index < -0.39 is 15.8 Å². The molecule has 1 amide bonds. The monoisotopic (exact) mass is 400 g/mol. The van der Waals surface area contributed by atoms with Gasteiger partial charge in [-0.05, 0) is 42.9 Å². The molecule has 0 aromatic carbocycles. The predicted molar refractivity (Wildman–Crippen MR) is 104 cm³/mol. The van der Waals surface area contributed by atoms with Crippen LogP contribution < -0.4 is 5.32 Å². The number of rotatable bonds is 7. The third-order valence-corrected chi connectivity index (χ3v) is 7.75. The maximum Gasteiger partial charge on any atom is 0.234 e. The maximum absolute atomic E-state index is 13.0. The normalized spacial score (nSPS) is 18.7. The van der Waals surface area contributed by atoms with Gasteiger partial charge in [-0.3, -0.25) is 10.1 Å². The number of nitrogens with one attached hydrogen (secondary N) is 1. The predicted octanol–water partition coefficient (Wildman–Crippen LogP) is 3.11. The van der Waals surface area contributed by atoms with E-state index in [2.05, 4.69) is 20.3 Å². The zero-order valence-electron chi connectivity index (χ0n) is 15.6. The van der Waals surface area contributed by atoms with Gasteiger partial charge < -0.3 is 0 Å². The number of amides is 1. The SMILES string of the molecule is O=C(Nc1ncccn1)C(CC1CCCC1)c1ccc(S(=O)(=O)C2CC2)nc1. The molecule has 4 rings (SSSR count). The molecule has 8 heteroatoms. The fourth-order valence-electron chi connectivity index (χ4n) is 3.85. The van der Waals surface area contributed by atoms with Gasteiger partial charge in [0.1, 0.15) is 0 Å². The van der Waals surface area contributed by atoms with E-state index in [1.54, 1.807) is 30.7 Å². The number of hydrogen-bond donors (Lipinski definition) is 1. The number of nitrogens with zero attached hydrogens (tertiary/aromatic N) is 3. The van der Waals surface area contributed by atoms with Crippen LogP contribution in [-0.4, -0.2) is 34.5 Å². The third kappa shape index (κ3) is 4.22. The van der Waals surface area contributed by atoms with Crippen LogP contribution in [0.1, 0.15) is 56.4 Å². The molecule has 2 heterocycles. The average Bonchev–Trinajstić information content (AvgIpc) is 3.45. The van der Waals surface area contributed by atoms with Gasteiger partial charge in [-0.25, -0.2) is 23.4 Å². The summed E-state index contributed by atoms with van der Waals surface area (Å²) in [7, 11) is -3.33. The van der Waals surface area contributed by atoms with Gasteiger partial charge in [0, 0.05) is 18.6 Å². The fourth-order valence-corrected chi connectivity index (χ4v) is 5.41. The van der Waals surface area contributed by atoms with Gasteiger partial charge in [0.05, 0.1) is 11.2 Å². The quantitative estimate of drug-likeness (QED) is 0.766. The Morgan fingerprint density at radius 1 is 1.07 bits per heavy atom. The average molecular weight is 401 g/mol. The molecule has 0 saturated heterocycles. The maximum atomic E-state index is 13.0. The second-order valence-electron chi connectivity index (χ2n) is 7.67. The number of carbonyl (C=O) groups is 1. The van der Waals surface area contributed by atoms with Crippen molar-refractivity contribution in [2.45, 2.75) is 61.1 Å². The van der Waals surface area contributed by atoms with Gasteiger partial charge in [0.2, 0.25) is 11.9 Å². The summed E-state index contributed by atoms with van der Waals surface area (Å²) in [6.45, 7) is 0. The Hall–Kier alpha value is -2.35. The summed E-state index contributed by atoms with van der Waals surface area (Å²) in [5.74, 6) is 0.168. The minimum atomic E-state index is -3.33. The highest BCUT2D eigenvalue weighted by Gasteiger charge is 2.38. The minimum Gasteiger partial charge on any atom is -0.294 e. The van der Waals surface area contributed by atoms with Crippen LogP contribution in [0.3, 0.4) is 0 Å². The van der Waals surface area contributed by atoms with Gasteiger partial charge >= 0.3 is 0 Å². The van der Waals surface area contributed by atoms with Crippen molar-refractivity contribution in [3.05, 3.63) is 42.4 Å². The van der Waals surface area contributed by atoms with Crippen molar-refractivity contribution in [2.75, 3.05) is 5.32 Å². The summed E-state index contributed by atoms with van der Waals surface area (Å²) in [4.78, 5) is 25.3. The second kappa shape index (κ2) is 7.95. The lowest BCUT2D eigenvalue weighted by Gasteiger charge is -2.20. The largest absolute Gasteiger partial charge is 0.294 e. The molecule has 1 N–H and O–H groups in total. The summed E-state index contributed by atoms with van der Waals surface area (Å²) in [5, 5.41) is 2.59. The molecule has 2 aromatic heterocycles. The molecule has 1 unspecified atom stereocenters. The zero-order valence-corrected chi connectivity index (χ0v) is 16.4. The van der Waals surface area contributed by atoms with E-state index in [1.807, 2.05) is 0 Å². The molecular formula is C20H24N4O3S. The Kier molecular flexibility index (Phi) is 5.39. The van der Waals surface area contributed by atoms with Crippen LogP contribution in [0.25, 0.3) is 0 Å². The van der Waals surface area contributed by atoms with Crippen molar-refractivity contribution in [1.82, 2.24) is 15.0 Å². The van der Waals surface area contributed by atoms with Gasteiger partial charge in [-0.1, -0.05) is 31.7 Å². The van der Waals surface area contributed by atoms with Crippen molar-refractivity contribution in [2.24, 2.45) is 5.92 Å². The molecule has 2 saturated carbocycles. The lowest BCUT2D eigenvalue weighted by molar-refractivity contribution is -0.118. The molecule has 0 radical (unpaired) electrons. The van der Waals surface area contributed by atoms with E-state index in [-0.39, 0.29) is 22.1 Å². The molecule has 2 aromatic rings. The number of aromatic nitrogens is 3. The van der Waals surface area contributed by atoms with Crippen LogP contribution in [0.2, 0.25) is 0 Å². The molecule has 0 spiro atoms. The van der Waals surface area contributed by atoms with Crippen molar-refractivity contribution >= 4 is 21.7 Å². The van der Waals surface area contributed by atoms with Crippen molar-refractivity contribution < 1.29 is 13.2 Å². The van der Waals surface area contributed by atoms with E-state index in [0.717, 1.165) is 24.8 Å². The summed E-state index contributed by atoms with van der Waals surface area (Å²) in [6.07, 6.45) is 11.4. The molecule has 28 heavy (non-hydrogen) atoms. The van der Waals surface area contributed by atoms with Crippen molar-refractivity contribution in [1.29, 1.82) is 0 Å². The van der Waals surface area contributed by atoms with E-state index in [1.165, 1.54) is 18.9 Å². The first kappa shape index (κ1) is 19.0. The third-order valence-electron chi connectivity index (χ3n) is 5.58. The highest BCUT2D eigenvalue weighted by Crippen LogP contribution is 2.36. The molecule has 7 nitrogen and oxygen atoms in total. The Labute approximate surface area is 164 Å². The number of sulfone groups is 1. The molecule has 2 aliphatic rings. The van der Waals surface area contributed by atoms with E-state index in [4.69, 9.17) is 0 Å². The number of anilines is 1. The van der Waals surface area contributed by atoms with Crippen LogP contribution in [-0.2, 0) is 14.6 Å². The lowest BCUT2D eigenvalue weighted by atomic mass is 9.88. The van der Waals surface area contributed by atoms with Crippen LogP contribution in [0.4, 0.5) is 5.95 Å². The van der Waals surface area contributed by atoms with Crippen molar-refractivity contribution in [3.8, 4) is 0 Å². The summed E-state index contributed by atoms with van der Waals surface area (Å²) < 4.78 is 24.7. The van der Waals surface area contributed by atoms with Crippen LogP contribution in [0.5, 0.6) is 0 Å². The first-order chi connectivity index (χ1) is 13.5. The van der Waals surface area contributed by atoms with Gasteiger partial charge in [0.15, 0.2) is 14.9 Å². The zero-order chi connectivity index (χ0) is 19.6. The Bertz CT molecular complexity index is 922. The van der Waals surface area contributed by atoms with Crippen LogP contribution >= 0.6 is 0 Å². The first-order valence-electron chi connectivity index (χ1n) is 9.82. The van der Waals surface area contributed by atoms with Crippen molar-refractivity contribution in [3.63, 3.8) is 0 Å². The van der Waals surface area contributed by atoms with Crippen LogP contribution in [0, 0.1) is 5.92 Å². The van der Waals surface area contributed by atoms with Crippen LogP contribution in [0.15, 0.2) is 41.8 Å². The molecule has 0 bridgehead atoms. The number of pyridine rings is 1. The van der Waals surface area contributed by atoms with Gasteiger partial charge in [0.25, 0.3) is 0 Å². The summed E-state index contributed by atoms with van der Waals surface area (Å²) in [5.41, 5.74) is 0.732.